The molecule has 0 amide bonds. The number of nitrogens with one attached hydrogen (secondary N) is 2. The Hall–Kier alpha value is -2.71. The van der Waals surface area contributed by atoms with E-state index in [1.165, 1.54) is 0 Å². The first kappa shape index (κ1) is 19.6. The van der Waals surface area contributed by atoms with Gasteiger partial charge in [-0.15, -0.1) is 0 Å². The Labute approximate surface area is 171 Å². The molecule has 0 spiro atoms. The predicted molar refractivity (Wildman–Crippen MR) is 116 cm³/mol. The van der Waals surface area contributed by atoms with Crippen LogP contribution in [0.2, 0.25) is 0 Å². The molecule has 3 aromatic rings. The molecule has 7 nitrogen and oxygen atoms in total. The highest BCUT2D eigenvalue weighted by Gasteiger charge is 2.28. The van der Waals surface area contributed by atoms with Crippen LogP contribution in [-0.4, -0.2) is 48.9 Å². The third kappa shape index (κ3) is 4.49. The number of benzene rings is 1. The molecule has 152 valence electrons. The van der Waals surface area contributed by atoms with E-state index < -0.39 is 10.0 Å². The Morgan fingerprint density at radius 3 is 2.55 bits per heavy atom. The average Bonchev–Trinajstić information content (AvgIpc) is 2.77. The molecule has 2 aromatic heterocycles. The van der Waals surface area contributed by atoms with E-state index in [-0.39, 0.29) is 4.90 Å². The molecule has 1 fully saturated rings. The molecule has 1 aliphatic rings. The van der Waals surface area contributed by atoms with E-state index in [9.17, 15) is 8.42 Å². The van der Waals surface area contributed by atoms with E-state index in [0.29, 0.717) is 32.0 Å². The van der Waals surface area contributed by atoms with Gasteiger partial charge in [0.15, 0.2) is 0 Å². The Morgan fingerprint density at radius 2 is 1.69 bits per heavy atom. The highest BCUT2D eigenvalue weighted by molar-refractivity contribution is 7.89. The number of pyridine rings is 2. The van der Waals surface area contributed by atoms with E-state index in [1.807, 2.05) is 36.4 Å². The van der Waals surface area contributed by atoms with Crippen LogP contribution in [-0.2, 0) is 10.0 Å². The molecular formula is C21H25N5O2S. The minimum absolute atomic E-state index is 0.241. The van der Waals surface area contributed by atoms with Gasteiger partial charge in [-0.25, -0.2) is 18.4 Å². The molecule has 1 aromatic carbocycles. The molecule has 0 saturated carbocycles. The topological polar surface area (TPSA) is 87.2 Å². The van der Waals surface area contributed by atoms with Crippen LogP contribution >= 0.6 is 0 Å². The number of hydrogen-bond donors (Lipinski definition) is 2. The molecule has 0 radical (unpaired) electrons. The predicted octanol–water partition coefficient (Wildman–Crippen LogP) is 3.33. The van der Waals surface area contributed by atoms with Gasteiger partial charge in [-0.05, 0) is 43.2 Å². The lowest BCUT2D eigenvalue weighted by Gasteiger charge is -2.26. The number of para-hydroxylation sites is 1. The van der Waals surface area contributed by atoms with Crippen molar-refractivity contribution in [1.29, 1.82) is 0 Å². The molecule has 1 saturated heterocycles. The van der Waals surface area contributed by atoms with Crippen molar-refractivity contribution < 1.29 is 8.42 Å². The average molecular weight is 412 g/mol. The zero-order valence-corrected chi connectivity index (χ0v) is 17.0. The summed E-state index contributed by atoms with van der Waals surface area (Å²) in [5, 5.41) is 7.52. The fourth-order valence-corrected chi connectivity index (χ4v) is 5.15. The summed E-state index contributed by atoms with van der Waals surface area (Å²) < 4.78 is 27.6. The maximum Gasteiger partial charge on any atom is 0.246 e. The highest BCUT2D eigenvalue weighted by Crippen LogP contribution is 2.25. The van der Waals surface area contributed by atoms with E-state index in [4.69, 9.17) is 0 Å². The molecule has 2 N–H and O–H groups in total. The lowest BCUT2D eigenvalue weighted by atomic mass is 10.2. The fourth-order valence-electron chi connectivity index (χ4n) is 3.51. The van der Waals surface area contributed by atoms with Crippen LogP contribution in [0, 0.1) is 0 Å². The van der Waals surface area contributed by atoms with Gasteiger partial charge in [0.25, 0.3) is 0 Å². The molecule has 8 heteroatoms. The van der Waals surface area contributed by atoms with Gasteiger partial charge in [-0.3, -0.25) is 0 Å². The first-order chi connectivity index (χ1) is 14.1. The summed E-state index contributed by atoms with van der Waals surface area (Å²) in [7, 11) is -3.53. The third-order valence-corrected chi connectivity index (χ3v) is 6.96. The van der Waals surface area contributed by atoms with Crippen molar-refractivity contribution >= 4 is 32.6 Å². The Bertz CT molecular complexity index is 1080. The van der Waals surface area contributed by atoms with E-state index in [2.05, 4.69) is 20.6 Å². The largest absolute Gasteiger partial charge is 0.368 e. The standard InChI is InChI=1S/C21H25N5O2S/c27-29(28,26-15-4-1-5-16-26)19-9-6-12-23-21(19)24-14-13-22-20-11-10-17-7-2-3-8-18(17)25-20/h2-3,6-12H,1,4-5,13-16H2,(H,22,25)(H,23,24). The van der Waals surface area contributed by atoms with Gasteiger partial charge >= 0.3 is 0 Å². The molecule has 0 aliphatic carbocycles. The maximum absolute atomic E-state index is 13.0. The molecule has 0 unspecified atom stereocenters. The molecule has 3 heterocycles. The summed E-state index contributed by atoms with van der Waals surface area (Å²) in [4.78, 5) is 9.09. The van der Waals surface area contributed by atoms with Crippen molar-refractivity contribution in [2.75, 3.05) is 36.8 Å². The van der Waals surface area contributed by atoms with Crippen molar-refractivity contribution in [2.45, 2.75) is 24.2 Å². The lowest BCUT2D eigenvalue weighted by Crippen LogP contribution is -2.36. The summed E-state index contributed by atoms with van der Waals surface area (Å²) >= 11 is 0. The second-order valence-electron chi connectivity index (χ2n) is 7.06. The number of sulfonamides is 1. The number of anilines is 2. The fraction of sp³-hybridized carbons (Fsp3) is 0.333. The molecule has 0 bridgehead atoms. The number of rotatable bonds is 7. The van der Waals surface area contributed by atoms with E-state index in [1.54, 1.807) is 22.6 Å². The van der Waals surface area contributed by atoms with Crippen molar-refractivity contribution in [3.05, 3.63) is 54.7 Å². The Morgan fingerprint density at radius 1 is 0.897 bits per heavy atom. The van der Waals surface area contributed by atoms with Crippen molar-refractivity contribution in [3.63, 3.8) is 0 Å². The van der Waals surface area contributed by atoms with Gasteiger partial charge in [0.1, 0.15) is 16.5 Å². The third-order valence-electron chi connectivity index (χ3n) is 5.03. The van der Waals surface area contributed by atoms with Gasteiger partial charge in [-0.2, -0.15) is 4.31 Å². The second kappa shape index (κ2) is 8.75. The van der Waals surface area contributed by atoms with Crippen molar-refractivity contribution in [2.24, 2.45) is 0 Å². The van der Waals surface area contributed by atoms with Crippen LogP contribution in [0.5, 0.6) is 0 Å². The second-order valence-corrected chi connectivity index (χ2v) is 8.96. The van der Waals surface area contributed by atoms with Crippen LogP contribution in [0.1, 0.15) is 19.3 Å². The van der Waals surface area contributed by atoms with Gasteiger partial charge in [0.2, 0.25) is 10.0 Å². The number of piperidine rings is 1. The first-order valence-electron chi connectivity index (χ1n) is 9.93. The smallest absolute Gasteiger partial charge is 0.246 e. The van der Waals surface area contributed by atoms with Crippen LogP contribution < -0.4 is 10.6 Å². The van der Waals surface area contributed by atoms with Crippen molar-refractivity contribution in [1.82, 2.24) is 14.3 Å². The van der Waals surface area contributed by atoms with Crippen molar-refractivity contribution in [3.8, 4) is 0 Å². The summed E-state index contributed by atoms with van der Waals surface area (Å²) in [5.41, 5.74) is 0.935. The van der Waals surface area contributed by atoms with Gasteiger partial charge in [-0.1, -0.05) is 24.6 Å². The normalized spacial score (nSPS) is 15.3. The van der Waals surface area contributed by atoms with Gasteiger partial charge in [0, 0.05) is 37.8 Å². The molecule has 0 atom stereocenters. The molecular weight excluding hydrogens is 386 g/mol. The van der Waals surface area contributed by atoms with Crippen LogP contribution in [0.3, 0.4) is 0 Å². The monoisotopic (exact) mass is 411 g/mol. The minimum Gasteiger partial charge on any atom is -0.368 e. The van der Waals surface area contributed by atoms with E-state index in [0.717, 1.165) is 36.0 Å². The zero-order chi connectivity index (χ0) is 20.1. The van der Waals surface area contributed by atoms with Crippen LogP contribution in [0.15, 0.2) is 59.6 Å². The number of aromatic nitrogens is 2. The Balaban J connectivity index is 1.39. The molecule has 4 rings (SSSR count). The minimum atomic E-state index is -3.53. The number of hydrogen-bond acceptors (Lipinski definition) is 6. The zero-order valence-electron chi connectivity index (χ0n) is 16.2. The lowest BCUT2D eigenvalue weighted by molar-refractivity contribution is 0.346. The first-order valence-corrected chi connectivity index (χ1v) is 11.4. The summed E-state index contributed by atoms with van der Waals surface area (Å²) in [5.74, 6) is 1.18. The molecule has 1 aliphatic heterocycles. The summed E-state index contributed by atoms with van der Waals surface area (Å²) in [6.45, 7) is 2.26. The van der Waals surface area contributed by atoms with Gasteiger partial charge in [0.05, 0.1) is 5.52 Å². The number of nitrogens with zero attached hydrogens (tertiary/aromatic N) is 3. The van der Waals surface area contributed by atoms with Crippen LogP contribution in [0.4, 0.5) is 11.6 Å². The van der Waals surface area contributed by atoms with Crippen LogP contribution in [0.25, 0.3) is 10.9 Å². The maximum atomic E-state index is 13.0. The highest BCUT2D eigenvalue weighted by atomic mass is 32.2. The summed E-state index contributed by atoms with van der Waals surface area (Å²) in [6, 6.07) is 15.2. The SMILES string of the molecule is O=S(=O)(c1cccnc1NCCNc1ccc2ccccc2n1)N1CCCCC1. The van der Waals surface area contributed by atoms with E-state index >= 15 is 0 Å². The van der Waals surface area contributed by atoms with Gasteiger partial charge < -0.3 is 10.6 Å². The Kier molecular flexibility index (Phi) is 5.92. The summed E-state index contributed by atoms with van der Waals surface area (Å²) in [6.07, 6.45) is 4.50. The number of fused-ring (bicyclic) bond motifs is 1. The quantitative estimate of drug-likeness (QED) is 0.580. The molecule has 29 heavy (non-hydrogen) atoms.